The molecule has 3 N–H and O–H groups in total. The maximum Gasteiger partial charge on any atom is 0.250 e. The molecule has 0 bridgehead atoms. The van der Waals surface area contributed by atoms with Crippen LogP contribution in [0.2, 0.25) is 0 Å². The molecule has 82 valence electrons. The van der Waals surface area contributed by atoms with E-state index >= 15 is 0 Å². The first kappa shape index (κ1) is 12.0. The van der Waals surface area contributed by atoms with Crippen LogP contribution in [0.25, 0.3) is 0 Å². The number of nitrogen functional groups attached to an aromatic ring is 1. The molecule has 1 amide bonds. The van der Waals surface area contributed by atoms with Crippen LogP contribution >= 0.6 is 15.9 Å². The van der Waals surface area contributed by atoms with E-state index in [0.717, 1.165) is 4.47 Å². The van der Waals surface area contributed by atoms with Gasteiger partial charge in [-0.25, -0.2) is 0 Å². The Morgan fingerprint density at radius 1 is 1.60 bits per heavy atom. The number of nitrogens with two attached hydrogens (primary N) is 1. The normalized spacial score (nSPS) is 10.0. The van der Waals surface area contributed by atoms with Gasteiger partial charge in [0.1, 0.15) is 6.61 Å². The first-order valence-corrected chi connectivity index (χ1v) is 5.35. The molecule has 1 rings (SSSR count). The third-order valence-electron chi connectivity index (χ3n) is 1.70. The van der Waals surface area contributed by atoms with Gasteiger partial charge >= 0.3 is 0 Å². The molecule has 0 fully saturated rings. The van der Waals surface area contributed by atoms with Crippen molar-refractivity contribution in [1.29, 1.82) is 0 Å². The van der Waals surface area contributed by atoms with Gasteiger partial charge in [-0.1, -0.05) is 0 Å². The smallest absolute Gasteiger partial charge is 0.250 e. The summed E-state index contributed by atoms with van der Waals surface area (Å²) in [7, 11) is 0. The maximum absolute atomic E-state index is 11.3. The van der Waals surface area contributed by atoms with E-state index in [1.54, 1.807) is 18.2 Å². The molecule has 1 aromatic rings. The van der Waals surface area contributed by atoms with Gasteiger partial charge < -0.3 is 15.8 Å². The number of carbonyl (C=O) groups excluding carboxylic acids is 1. The molecule has 0 aliphatic heterocycles. The molecule has 0 unspecified atom stereocenters. The molecule has 0 radical (unpaired) electrons. The lowest BCUT2D eigenvalue weighted by molar-refractivity contribution is -0.120. The largest absolute Gasteiger partial charge is 0.399 e. The number of benzene rings is 1. The number of hydrogen-bond donors (Lipinski definition) is 2. The monoisotopic (exact) mass is 272 g/mol. The minimum Gasteiger partial charge on any atom is -0.399 e. The summed E-state index contributed by atoms with van der Waals surface area (Å²) in [6.45, 7) is 2.43. The topological polar surface area (TPSA) is 64.3 Å². The molecular weight excluding hydrogens is 260 g/mol. The van der Waals surface area contributed by atoms with Crippen LogP contribution in [-0.2, 0) is 9.53 Å². The van der Waals surface area contributed by atoms with Crippen LogP contribution in [0.3, 0.4) is 0 Å². The Morgan fingerprint density at radius 2 is 2.33 bits per heavy atom. The SMILES string of the molecule is CCOCC(=O)Nc1ccc(N)cc1Br. The predicted octanol–water partition coefficient (Wildman–Crippen LogP) is 2.01. The lowest BCUT2D eigenvalue weighted by atomic mass is 10.3. The van der Waals surface area contributed by atoms with Gasteiger partial charge in [0.15, 0.2) is 0 Å². The average molecular weight is 273 g/mol. The predicted molar refractivity (Wildman–Crippen MR) is 63.7 cm³/mol. The van der Waals surface area contributed by atoms with Crippen LogP contribution in [0.1, 0.15) is 6.92 Å². The van der Waals surface area contributed by atoms with Crippen molar-refractivity contribution >= 4 is 33.2 Å². The highest BCUT2D eigenvalue weighted by atomic mass is 79.9. The molecule has 0 heterocycles. The number of anilines is 2. The fraction of sp³-hybridized carbons (Fsp3) is 0.300. The highest BCUT2D eigenvalue weighted by Gasteiger charge is 2.05. The molecule has 5 heteroatoms. The van der Waals surface area contributed by atoms with E-state index in [1.807, 2.05) is 6.92 Å². The van der Waals surface area contributed by atoms with Crippen molar-refractivity contribution in [2.45, 2.75) is 6.92 Å². The number of ether oxygens (including phenoxy) is 1. The molecule has 15 heavy (non-hydrogen) atoms. The maximum atomic E-state index is 11.3. The summed E-state index contributed by atoms with van der Waals surface area (Å²) in [6, 6.07) is 5.20. The van der Waals surface area contributed by atoms with Crippen molar-refractivity contribution < 1.29 is 9.53 Å². The van der Waals surface area contributed by atoms with Crippen LogP contribution < -0.4 is 11.1 Å². The zero-order chi connectivity index (χ0) is 11.3. The van der Waals surface area contributed by atoms with Crippen molar-refractivity contribution in [3.8, 4) is 0 Å². The summed E-state index contributed by atoms with van der Waals surface area (Å²) in [5.41, 5.74) is 6.90. The Hall–Kier alpha value is -1.07. The molecule has 0 spiro atoms. The summed E-state index contributed by atoms with van der Waals surface area (Å²) in [6.07, 6.45) is 0. The van der Waals surface area contributed by atoms with Gasteiger partial charge in [-0.15, -0.1) is 0 Å². The first-order valence-electron chi connectivity index (χ1n) is 4.56. The van der Waals surface area contributed by atoms with Crippen LogP contribution in [-0.4, -0.2) is 19.1 Å². The second kappa shape index (κ2) is 5.72. The van der Waals surface area contributed by atoms with Gasteiger partial charge in [0, 0.05) is 16.8 Å². The van der Waals surface area contributed by atoms with Crippen LogP contribution in [0.4, 0.5) is 11.4 Å². The Kier molecular flexibility index (Phi) is 4.58. The van der Waals surface area contributed by atoms with Crippen LogP contribution in [0.15, 0.2) is 22.7 Å². The Labute approximate surface area is 96.9 Å². The van der Waals surface area contributed by atoms with E-state index < -0.39 is 0 Å². The number of rotatable bonds is 4. The summed E-state index contributed by atoms with van der Waals surface area (Å²) in [4.78, 5) is 11.3. The van der Waals surface area contributed by atoms with E-state index in [4.69, 9.17) is 10.5 Å². The van der Waals surface area contributed by atoms with E-state index in [1.165, 1.54) is 0 Å². The van der Waals surface area contributed by atoms with Gasteiger partial charge in [-0.05, 0) is 41.1 Å². The highest BCUT2D eigenvalue weighted by molar-refractivity contribution is 9.10. The van der Waals surface area contributed by atoms with E-state index in [2.05, 4.69) is 21.2 Å². The summed E-state index contributed by atoms with van der Waals surface area (Å²) in [5, 5.41) is 2.71. The molecule has 0 aliphatic rings. The highest BCUT2D eigenvalue weighted by Crippen LogP contribution is 2.24. The quantitative estimate of drug-likeness (QED) is 0.825. The van der Waals surface area contributed by atoms with E-state index in [0.29, 0.717) is 18.0 Å². The third-order valence-corrected chi connectivity index (χ3v) is 2.36. The number of hydrogen-bond acceptors (Lipinski definition) is 3. The lowest BCUT2D eigenvalue weighted by Crippen LogP contribution is -2.18. The zero-order valence-electron chi connectivity index (χ0n) is 8.42. The second-order valence-corrected chi connectivity index (χ2v) is 3.78. The van der Waals surface area contributed by atoms with E-state index in [-0.39, 0.29) is 12.5 Å². The number of halogens is 1. The minimum absolute atomic E-state index is 0.0628. The fourth-order valence-corrected chi connectivity index (χ4v) is 1.51. The summed E-state index contributed by atoms with van der Waals surface area (Å²) < 4.78 is 5.74. The summed E-state index contributed by atoms with van der Waals surface area (Å²) in [5.74, 6) is -0.178. The number of carbonyl (C=O) groups is 1. The van der Waals surface area contributed by atoms with Gasteiger partial charge in [0.2, 0.25) is 5.91 Å². The van der Waals surface area contributed by atoms with Crippen molar-refractivity contribution in [3.63, 3.8) is 0 Å². The number of amides is 1. The molecular formula is C10H13BrN2O2. The van der Waals surface area contributed by atoms with Crippen LogP contribution in [0, 0.1) is 0 Å². The molecule has 4 nitrogen and oxygen atoms in total. The van der Waals surface area contributed by atoms with Gasteiger partial charge in [0.05, 0.1) is 5.69 Å². The van der Waals surface area contributed by atoms with E-state index in [9.17, 15) is 4.79 Å². The summed E-state index contributed by atoms with van der Waals surface area (Å²) >= 11 is 3.31. The Balaban J connectivity index is 2.60. The third kappa shape index (κ3) is 3.89. The van der Waals surface area contributed by atoms with Gasteiger partial charge in [-0.2, -0.15) is 0 Å². The zero-order valence-corrected chi connectivity index (χ0v) is 10.0. The molecule has 1 aromatic carbocycles. The molecule has 0 atom stereocenters. The average Bonchev–Trinajstić information content (AvgIpc) is 2.19. The number of nitrogens with one attached hydrogen (secondary N) is 1. The van der Waals surface area contributed by atoms with Crippen molar-refractivity contribution in [3.05, 3.63) is 22.7 Å². The Bertz CT molecular complexity index is 355. The van der Waals surface area contributed by atoms with Gasteiger partial charge in [0.25, 0.3) is 0 Å². The first-order chi connectivity index (χ1) is 7.13. The fourth-order valence-electron chi connectivity index (χ4n) is 1.01. The molecule has 0 aromatic heterocycles. The lowest BCUT2D eigenvalue weighted by Gasteiger charge is -2.07. The second-order valence-electron chi connectivity index (χ2n) is 2.92. The molecule has 0 saturated carbocycles. The molecule has 0 aliphatic carbocycles. The standard InChI is InChI=1S/C10H13BrN2O2/c1-2-15-6-10(14)13-9-4-3-7(12)5-8(9)11/h3-5H,2,6,12H2,1H3,(H,13,14). The van der Waals surface area contributed by atoms with Crippen molar-refractivity contribution in [1.82, 2.24) is 0 Å². The van der Waals surface area contributed by atoms with Crippen molar-refractivity contribution in [2.75, 3.05) is 24.3 Å². The van der Waals surface area contributed by atoms with Gasteiger partial charge in [-0.3, -0.25) is 4.79 Å². The molecule has 0 saturated heterocycles. The minimum atomic E-state index is -0.178. The Morgan fingerprint density at radius 3 is 2.93 bits per heavy atom. The van der Waals surface area contributed by atoms with Crippen molar-refractivity contribution in [2.24, 2.45) is 0 Å². The van der Waals surface area contributed by atoms with Crippen LogP contribution in [0.5, 0.6) is 0 Å².